The fraction of sp³-hybridized carbons (Fsp3) is 0.188. The van der Waals surface area contributed by atoms with E-state index in [1.54, 1.807) is 7.11 Å². The first-order valence-electron chi connectivity index (χ1n) is 6.41. The zero-order chi connectivity index (χ0) is 14.1. The lowest BCUT2D eigenvalue weighted by atomic mass is 9.93. The van der Waals surface area contributed by atoms with Gasteiger partial charge >= 0.3 is 0 Å². The molecule has 1 heterocycles. The number of hydrogen-bond donors (Lipinski definition) is 1. The van der Waals surface area contributed by atoms with Crippen LogP contribution in [0.15, 0.2) is 46.9 Å². The number of carbonyl (C=O) groups is 1. The molecule has 3 nitrogen and oxygen atoms in total. The van der Waals surface area contributed by atoms with Crippen LogP contribution in [0.25, 0.3) is 0 Å². The lowest BCUT2D eigenvalue weighted by Gasteiger charge is -2.12. The van der Waals surface area contributed by atoms with E-state index in [1.165, 1.54) is 0 Å². The Morgan fingerprint density at radius 2 is 2.05 bits per heavy atom. The van der Waals surface area contributed by atoms with E-state index in [2.05, 4.69) is 21.2 Å². The maximum atomic E-state index is 12.1. The number of fused-ring (bicyclic) bond motifs is 1. The second-order valence-electron chi connectivity index (χ2n) is 4.79. The molecule has 0 aromatic heterocycles. The zero-order valence-electron chi connectivity index (χ0n) is 11.0. The molecule has 3 rings (SSSR count). The Morgan fingerprint density at radius 1 is 1.25 bits per heavy atom. The van der Waals surface area contributed by atoms with Gasteiger partial charge in [-0.15, -0.1) is 0 Å². The Kier molecular flexibility index (Phi) is 3.49. The van der Waals surface area contributed by atoms with E-state index in [1.807, 2.05) is 42.5 Å². The van der Waals surface area contributed by atoms with E-state index in [0.717, 1.165) is 27.0 Å². The highest BCUT2D eigenvalue weighted by atomic mass is 79.9. The minimum Gasteiger partial charge on any atom is -0.497 e. The first-order valence-corrected chi connectivity index (χ1v) is 7.20. The van der Waals surface area contributed by atoms with Crippen molar-refractivity contribution in [3.05, 3.63) is 58.1 Å². The second-order valence-corrected chi connectivity index (χ2v) is 5.64. The monoisotopic (exact) mass is 331 g/mol. The number of nitrogens with one attached hydrogen (secondary N) is 1. The van der Waals surface area contributed by atoms with Crippen molar-refractivity contribution >= 4 is 27.5 Å². The summed E-state index contributed by atoms with van der Waals surface area (Å²) in [6, 6.07) is 13.7. The van der Waals surface area contributed by atoms with Gasteiger partial charge < -0.3 is 10.1 Å². The quantitative estimate of drug-likeness (QED) is 0.930. The van der Waals surface area contributed by atoms with Gasteiger partial charge in [-0.25, -0.2) is 0 Å². The average molecular weight is 332 g/mol. The second kappa shape index (κ2) is 5.29. The molecular formula is C16H14BrNO2. The van der Waals surface area contributed by atoms with E-state index >= 15 is 0 Å². The third-order valence-corrected chi connectivity index (χ3v) is 4.36. The van der Waals surface area contributed by atoms with Gasteiger partial charge in [0, 0.05) is 10.2 Å². The summed E-state index contributed by atoms with van der Waals surface area (Å²) >= 11 is 3.54. The Labute approximate surface area is 126 Å². The summed E-state index contributed by atoms with van der Waals surface area (Å²) in [7, 11) is 1.64. The molecule has 0 aliphatic carbocycles. The van der Waals surface area contributed by atoms with Crippen molar-refractivity contribution in [2.75, 3.05) is 12.4 Å². The van der Waals surface area contributed by atoms with Crippen molar-refractivity contribution in [1.82, 2.24) is 0 Å². The average Bonchev–Trinajstić information content (AvgIpc) is 2.77. The molecular weight excluding hydrogens is 318 g/mol. The smallest absolute Gasteiger partial charge is 0.232 e. The molecule has 4 heteroatoms. The largest absolute Gasteiger partial charge is 0.497 e. The molecule has 2 aromatic rings. The number of halogens is 1. The highest BCUT2D eigenvalue weighted by Crippen LogP contribution is 2.36. The number of anilines is 1. The fourth-order valence-electron chi connectivity index (χ4n) is 2.53. The number of hydrogen-bond acceptors (Lipinski definition) is 2. The van der Waals surface area contributed by atoms with Crippen LogP contribution in [0.5, 0.6) is 5.75 Å². The highest BCUT2D eigenvalue weighted by molar-refractivity contribution is 9.10. The third kappa shape index (κ3) is 2.31. The third-order valence-electron chi connectivity index (χ3n) is 3.59. The molecule has 1 amide bonds. The van der Waals surface area contributed by atoms with Crippen molar-refractivity contribution in [2.24, 2.45) is 0 Å². The number of methoxy groups -OCH3 is 1. The minimum absolute atomic E-state index is 0.0564. The number of para-hydroxylation sites is 1. The molecule has 0 fully saturated rings. The summed E-state index contributed by atoms with van der Waals surface area (Å²) in [5, 5.41) is 2.93. The van der Waals surface area contributed by atoms with Gasteiger partial charge in [0.15, 0.2) is 0 Å². The maximum Gasteiger partial charge on any atom is 0.232 e. The highest BCUT2D eigenvalue weighted by Gasteiger charge is 2.30. The first kappa shape index (κ1) is 13.2. The number of benzene rings is 2. The van der Waals surface area contributed by atoms with Gasteiger partial charge in [-0.3, -0.25) is 4.79 Å². The van der Waals surface area contributed by atoms with Crippen LogP contribution in [0.2, 0.25) is 0 Å². The van der Waals surface area contributed by atoms with Gasteiger partial charge in [0.1, 0.15) is 5.75 Å². The first-order chi connectivity index (χ1) is 9.69. The minimum atomic E-state index is -0.144. The Balaban J connectivity index is 1.94. The number of rotatable bonds is 3. The number of amides is 1. The van der Waals surface area contributed by atoms with E-state index in [9.17, 15) is 4.79 Å². The van der Waals surface area contributed by atoms with Crippen LogP contribution in [0, 0.1) is 0 Å². The van der Waals surface area contributed by atoms with E-state index in [0.29, 0.717) is 6.42 Å². The summed E-state index contributed by atoms with van der Waals surface area (Å²) in [6.45, 7) is 0. The molecule has 102 valence electrons. The van der Waals surface area contributed by atoms with Gasteiger partial charge in [0.05, 0.1) is 13.0 Å². The molecule has 0 saturated heterocycles. The van der Waals surface area contributed by atoms with Gasteiger partial charge in [-0.05, 0) is 41.8 Å². The molecule has 1 aliphatic heterocycles. The fourth-order valence-corrected chi connectivity index (χ4v) is 2.94. The molecule has 20 heavy (non-hydrogen) atoms. The van der Waals surface area contributed by atoms with Crippen molar-refractivity contribution in [2.45, 2.75) is 12.3 Å². The maximum absolute atomic E-state index is 12.1. The summed E-state index contributed by atoms with van der Waals surface area (Å²) in [4.78, 5) is 12.1. The van der Waals surface area contributed by atoms with E-state index in [-0.39, 0.29) is 11.8 Å². The molecule has 0 spiro atoms. The van der Waals surface area contributed by atoms with E-state index in [4.69, 9.17) is 4.74 Å². The van der Waals surface area contributed by atoms with Crippen LogP contribution in [0.1, 0.15) is 17.0 Å². The zero-order valence-corrected chi connectivity index (χ0v) is 12.6. The Bertz CT molecular complexity index is 669. The summed E-state index contributed by atoms with van der Waals surface area (Å²) < 4.78 is 6.25. The normalized spacial score (nSPS) is 16.7. The lowest BCUT2D eigenvalue weighted by Crippen LogP contribution is -2.14. The molecule has 0 radical (unpaired) electrons. The van der Waals surface area contributed by atoms with Crippen LogP contribution in [0.3, 0.4) is 0 Å². The number of ether oxygens (including phenoxy) is 1. The van der Waals surface area contributed by atoms with Crippen molar-refractivity contribution in [3.8, 4) is 5.75 Å². The predicted octanol–water partition coefficient (Wildman–Crippen LogP) is 3.74. The van der Waals surface area contributed by atoms with Crippen molar-refractivity contribution in [3.63, 3.8) is 0 Å². The van der Waals surface area contributed by atoms with Gasteiger partial charge in [-0.2, -0.15) is 0 Å². The Hall–Kier alpha value is -1.81. The lowest BCUT2D eigenvalue weighted by molar-refractivity contribution is -0.117. The van der Waals surface area contributed by atoms with Gasteiger partial charge in [0.25, 0.3) is 0 Å². The van der Waals surface area contributed by atoms with Crippen LogP contribution < -0.4 is 10.1 Å². The van der Waals surface area contributed by atoms with Crippen LogP contribution in [-0.4, -0.2) is 13.0 Å². The SMILES string of the molecule is COc1ccc(Br)c(CC2C(=O)Nc3ccccc32)c1. The molecule has 1 N–H and O–H groups in total. The van der Waals surface area contributed by atoms with Crippen LogP contribution >= 0.6 is 15.9 Å². The molecule has 0 bridgehead atoms. The molecule has 1 atom stereocenters. The predicted molar refractivity (Wildman–Crippen MR) is 82.2 cm³/mol. The molecule has 1 aliphatic rings. The molecule has 0 saturated carbocycles. The molecule has 1 unspecified atom stereocenters. The molecule has 2 aromatic carbocycles. The van der Waals surface area contributed by atoms with Crippen molar-refractivity contribution in [1.29, 1.82) is 0 Å². The van der Waals surface area contributed by atoms with Gasteiger partial charge in [-0.1, -0.05) is 34.1 Å². The van der Waals surface area contributed by atoms with Gasteiger partial charge in [0.2, 0.25) is 5.91 Å². The summed E-state index contributed by atoms with van der Waals surface area (Å²) in [6.07, 6.45) is 0.653. The van der Waals surface area contributed by atoms with Crippen LogP contribution in [0.4, 0.5) is 5.69 Å². The number of carbonyl (C=O) groups excluding carboxylic acids is 1. The summed E-state index contributed by atoms with van der Waals surface area (Å²) in [5.74, 6) is 0.713. The standard InChI is InChI=1S/C16H14BrNO2/c1-20-11-6-7-14(17)10(8-11)9-13-12-4-2-3-5-15(12)18-16(13)19/h2-8,13H,9H2,1H3,(H,18,19). The summed E-state index contributed by atoms with van der Waals surface area (Å²) in [5.41, 5.74) is 3.05. The van der Waals surface area contributed by atoms with Crippen molar-refractivity contribution < 1.29 is 9.53 Å². The topological polar surface area (TPSA) is 38.3 Å². The Morgan fingerprint density at radius 3 is 2.85 bits per heavy atom. The van der Waals surface area contributed by atoms with E-state index < -0.39 is 0 Å². The van der Waals surface area contributed by atoms with Crippen LogP contribution in [-0.2, 0) is 11.2 Å².